The lowest BCUT2D eigenvalue weighted by molar-refractivity contribution is 0.0851. The monoisotopic (exact) mass is 243 g/mol. The fourth-order valence-corrected chi connectivity index (χ4v) is 1.85. The quantitative estimate of drug-likeness (QED) is 0.896. The first-order chi connectivity index (χ1) is 8.70. The summed E-state index contributed by atoms with van der Waals surface area (Å²) in [6.07, 6.45) is -0.265. The number of hydrogen-bond acceptors (Lipinski definition) is 4. The molecule has 1 aromatic carbocycles. The number of nitrogens with zero attached hydrogens (tertiary/aromatic N) is 2. The van der Waals surface area contributed by atoms with Gasteiger partial charge in [-0.25, -0.2) is 9.97 Å². The van der Waals surface area contributed by atoms with Crippen molar-refractivity contribution in [2.24, 2.45) is 0 Å². The molecule has 0 amide bonds. The second-order valence-electron chi connectivity index (χ2n) is 4.04. The van der Waals surface area contributed by atoms with Crippen LogP contribution in [0.1, 0.15) is 30.1 Å². The van der Waals surface area contributed by atoms with Gasteiger partial charge in [0.25, 0.3) is 0 Å². The van der Waals surface area contributed by atoms with Gasteiger partial charge in [0, 0.05) is 18.4 Å². The molecule has 1 heterocycles. The van der Waals surface area contributed by atoms with Crippen LogP contribution in [-0.4, -0.2) is 16.6 Å². The minimum absolute atomic E-state index is 0.265. The number of aryl methyl sites for hydroxylation is 1. The number of nitrogens with two attached hydrogens (primary N) is 1. The van der Waals surface area contributed by atoms with Gasteiger partial charge in [0.05, 0.1) is 0 Å². The molecule has 18 heavy (non-hydrogen) atoms. The van der Waals surface area contributed by atoms with Gasteiger partial charge in [-0.3, -0.25) is 0 Å². The molecule has 0 aliphatic rings. The SMILES string of the molecule is CCOC(c1ccccc1)c1nc(C)cc(N)n1. The van der Waals surface area contributed by atoms with E-state index in [9.17, 15) is 0 Å². The van der Waals surface area contributed by atoms with Crippen molar-refractivity contribution in [2.45, 2.75) is 20.0 Å². The van der Waals surface area contributed by atoms with Crippen molar-refractivity contribution in [1.82, 2.24) is 9.97 Å². The second kappa shape index (κ2) is 5.60. The topological polar surface area (TPSA) is 61.0 Å². The first-order valence-electron chi connectivity index (χ1n) is 5.98. The third-order valence-electron chi connectivity index (χ3n) is 2.56. The minimum atomic E-state index is -0.265. The van der Waals surface area contributed by atoms with Crippen molar-refractivity contribution in [3.05, 3.63) is 53.5 Å². The van der Waals surface area contributed by atoms with E-state index in [1.54, 1.807) is 6.07 Å². The highest BCUT2D eigenvalue weighted by Crippen LogP contribution is 2.23. The number of benzene rings is 1. The molecule has 0 radical (unpaired) electrons. The average molecular weight is 243 g/mol. The molecule has 0 bridgehead atoms. The minimum Gasteiger partial charge on any atom is -0.384 e. The largest absolute Gasteiger partial charge is 0.384 e. The number of ether oxygens (including phenoxy) is 1. The van der Waals surface area contributed by atoms with E-state index in [2.05, 4.69) is 9.97 Å². The molecule has 0 saturated heterocycles. The van der Waals surface area contributed by atoms with E-state index in [0.717, 1.165) is 11.3 Å². The number of anilines is 1. The lowest BCUT2D eigenvalue weighted by Gasteiger charge is -2.16. The van der Waals surface area contributed by atoms with E-state index >= 15 is 0 Å². The summed E-state index contributed by atoms with van der Waals surface area (Å²) in [6, 6.07) is 11.7. The molecule has 1 aromatic heterocycles. The van der Waals surface area contributed by atoms with E-state index in [-0.39, 0.29) is 6.10 Å². The van der Waals surface area contributed by atoms with E-state index in [0.29, 0.717) is 18.2 Å². The summed E-state index contributed by atoms with van der Waals surface area (Å²) in [5.74, 6) is 1.08. The number of rotatable bonds is 4. The maximum atomic E-state index is 5.76. The molecular formula is C14H17N3O. The molecule has 1 atom stereocenters. The molecule has 94 valence electrons. The van der Waals surface area contributed by atoms with E-state index in [1.807, 2.05) is 44.2 Å². The zero-order valence-electron chi connectivity index (χ0n) is 10.6. The second-order valence-corrected chi connectivity index (χ2v) is 4.04. The van der Waals surface area contributed by atoms with Crippen LogP contribution in [0.5, 0.6) is 0 Å². The summed E-state index contributed by atoms with van der Waals surface area (Å²) in [4.78, 5) is 8.68. The van der Waals surface area contributed by atoms with Crippen molar-refractivity contribution >= 4 is 5.82 Å². The van der Waals surface area contributed by atoms with Gasteiger partial charge in [0.2, 0.25) is 0 Å². The smallest absolute Gasteiger partial charge is 0.164 e. The standard InChI is InChI=1S/C14H17N3O/c1-3-18-13(11-7-5-4-6-8-11)14-16-10(2)9-12(15)17-14/h4-9,13H,3H2,1-2H3,(H2,15,16,17). The Balaban J connectivity index is 2.41. The molecule has 0 spiro atoms. The third-order valence-corrected chi connectivity index (χ3v) is 2.56. The Labute approximate surface area is 107 Å². The predicted molar refractivity (Wildman–Crippen MR) is 71.1 cm³/mol. The fraction of sp³-hybridized carbons (Fsp3) is 0.286. The van der Waals surface area contributed by atoms with Crippen molar-refractivity contribution in [2.75, 3.05) is 12.3 Å². The van der Waals surface area contributed by atoms with Gasteiger partial charge in [-0.15, -0.1) is 0 Å². The summed E-state index contributed by atoms with van der Waals surface area (Å²) >= 11 is 0. The molecule has 0 saturated carbocycles. The lowest BCUT2D eigenvalue weighted by atomic mass is 10.1. The normalized spacial score (nSPS) is 12.3. The molecule has 1 unspecified atom stereocenters. The summed E-state index contributed by atoms with van der Waals surface area (Å²) in [5.41, 5.74) is 7.64. The Bertz CT molecular complexity index is 493. The molecule has 4 heteroatoms. The van der Waals surface area contributed by atoms with Crippen molar-refractivity contribution in [3.63, 3.8) is 0 Å². The molecular weight excluding hydrogens is 226 g/mol. The summed E-state index contributed by atoms with van der Waals surface area (Å²) in [6.45, 7) is 4.45. The molecule has 2 N–H and O–H groups in total. The first kappa shape index (κ1) is 12.5. The van der Waals surface area contributed by atoms with Crippen molar-refractivity contribution < 1.29 is 4.74 Å². The van der Waals surface area contributed by atoms with E-state index < -0.39 is 0 Å². The lowest BCUT2D eigenvalue weighted by Crippen LogP contribution is -2.12. The van der Waals surface area contributed by atoms with Gasteiger partial charge in [-0.2, -0.15) is 0 Å². The summed E-state index contributed by atoms with van der Waals surface area (Å²) in [7, 11) is 0. The Morgan fingerprint density at radius 3 is 2.56 bits per heavy atom. The molecule has 0 aliphatic heterocycles. The highest BCUT2D eigenvalue weighted by atomic mass is 16.5. The predicted octanol–water partition coefficient (Wildman–Crippen LogP) is 2.49. The van der Waals surface area contributed by atoms with Gasteiger partial charge < -0.3 is 10.5 Å². The Hall–Kier alpha value is -1.94. The van der Waals surface area contributed by atoms with Crippen LogP contribution in [-0.2, 0) is 4.74 Å². The highest BCUT2D eigenvalue weighted by molar-refractivity contribution is 5.32. The Morgan fingerprint density at radius 2 is 1.94 bits per heavy atom. The van der Waals surface area contributed by atoms with Crippen LogP contribution in [0.15, 0.2) is 36.4 Å². The van der Waals surface area contributed by atoms with E-state index in [4.69, 9.17) is 10.5 Å². The van der Waals surface area contributed by atoms with Gasteiger partial charge >= 0.3 is 0 Å². The van der Waals surface area contributed by atoms with Gasteiger partial charge in [-0.05, 0) is 19.4 Å². The van der Waals surface area contributed by atoms with Crippen LogP contribution in [0, 0.1) is 6.92 Å². The Morgan fingerprint density at radius 1 is 1.22 bits per heavy atom. The van der Waals surface area contributed by atoms with Gasteiger partial charge in [0.15, 0.2) is 5.82 Å². The van der Waals surface area contributed by atoms with Crippen LogP contribution >= 0.6 is 0 Å². The molecule has 4 nitrogen and oxygen atoms in total. The summed E-state index contributed by atoms with van der Waals surface area (Å²) in [5, 5.41) is 0. The fourth-order valence-electron chi connectivity index (χ4n) is 1.85. The van der Waals surface area contributed by atoms with Gasteiger partial charge in [0.1, 0.15) is 11.9 Å². The summed E-state index contributed by atoms with van der Waals surface area (Å²) < 4.78 is 5.74. The highest BCUT2D eigenvalue weighted by Gasteiger charge is 2.17. The molecule has 0 fully saturated rings. The maximum Gasteiger partial charge on any atom is 0.164 e. The van der Waals surface area contributed by atoms with Crippen LogP contribution in [0.25, 0.3) is 0 Å². The Kier molecular flexibility index (Phi) is 3.89. The molecule has 2 rings (SSSR count). The zero-order chi connectivity index (χ0) is 13.0. The average Bonchev–Trinajstić information content (AvgIpc) is 2.36. The van der Waals surface area contributed by atoms with Crippen LogP contribution in [0.4, 0.5) is 5.82 Å². The van der Waals surface area contributed by atoms with Crippen LogP contribution < -0.4 is 5.73 Å². The van der Waals surface area contributed by atoms with E-state index in [1.165, 1.54) is 0 Å². The van der Waals surface area contributed by atoms with Crippen LogP contribution in [0.2, 0.25) is 0 Å². The third kappa shape index (κ3) is 2.84. The van der Waals surface area contributed by atoms with Crippen molar-refractivity contribution in [1.29, 1.82) is 0 Å². The number of aromatic nitrogens is 2. The zero-order valence-corrected chi connectivity index (χ0v) is 10.6. The van der Waals surface area contributed by atoms with Crippen molar-refractivity contribution in [3.8, 4) is 0 Å². The van der Waals surface area contributed by atoms with Crippen LogP contribution in [0.3, 0.4) is 0 Å². The number of nitrogen functional groups attached to an aromatic ring is 1. The maximum absolute atomic E-state index is 5.76. The molecule has 2 aromatic rings. The molecule has 0 aliphatic carbocycles. The first-order valence-corrected chi connectivity index (χ1v) is 5.98. The van der Waals surface area contributed by atoms with Gasteiger partial charge in [-0.1, -0.05) is 30.3 Å². The number of hydrogen-bond donors (Lipinski definition) is 1.